The van der Waals surface area contributed by atoms with Crippen LogP contribution in [0, 0.1) is 10.1 Å². The quantitative estimate of drug-likeness (QED) is 0.625. The van der Waals surface area contributed by atoms with Gasteiger partial charge in [0.15, 0.2) is 0 Å². The van der Waals surface area contributed by atoms with Gasteiger partial charge in [-0.2, -0.15) is 0 Å². The lowest BCUT2D eigenvalue weighted by Gasteiger charge is -2.24. The maximum Gasteiger partial charge on any atom is 0.269 e. The molecule has 21 heavy (non-hydrogen) atoms. The summed E-state index contributed by atoms with van der Waals surface area (Å²) >= 11 is 1.65. The predicted octanol–water partition coefficient (Wildman–Crippen LogP) is 3.85. The Labute approximate surface area is 127 Å². The molecule has 2 aromatic rings. The molecule has 0 N–H and O–H groups in total. The smallest absolute Gasteiger partial charge is 0.269 e. The predicted molar refractivity (Wildman–Crippen MR) is 86.3 cm³/mol. The van der Waals surface area contributed by atoms with Crippen LogP contribution in [0.2, 0.25) is 0 Å². The number of nitro benzene ring substituents is 1. The third-order valence-electron chi connectivity index (χ3n) is 3.68. The van der Waals surface area contributed by atoms with E-state index in [1.165, 1.54) is 11.1 Å². The van der Waals surface area contributed by atoms with Crippen molar-refractivity contribution in [1.82, 2.24) is 0 Å². The van der Waals surface area contributed by atoms with Crippen LogP contribution >= 0.6 is 11.8 Å². The zero-order valence-electron chi connectivity index (χ0n) is 11.5. The van der Waals surface area contributed by atoms with Gasteiger partial charge in [0.1, 0.15) is 0 Å². The molecule has 2 aromatic carbocycles. The van der Waals surface area contributed by atoms with E-state index in [0.717, 1.165) is 10.6 Å². The average Bonchev–Trinajstić information content (AvgIpc) is 2.54. The fourth-order valence-electron chi connectivity index (χ4n) is 2.64. The highest BCUT2D eigenvalue weighted by molar-refractivity contribution is 8.13. The number of thioether (sulfide) groups is 1. The maximum absolute atomic E-state index is 10.7. The molecule has 0 bridgehead atoms. The molecule has 0 spiro atoms. The van der Waals surface area contributed by atoms with Crippen molar-refractivity contribution in [3.8, 4) is 0 Å². The highest BCUT2D eigenvalue weighted by Crippen LogP contribution is 2.34. The fourth-order valence-corrected chi connectivity index (χ4v) is 3.25. The van der Waals surface area contributed by atoms with Crippen LogP contribution in [-0.2, 0) is 0 Å². The summed E-state index contributed by atoms with van der Waals surface area (Å²) in [6, 6.07) is 15.0. The second kappa shape index (κ2) is 5.69. The summed E-state index contributed by atoms with van der Waals surface area (Å²) < 4.78 is 0. The van der Waals surface area contributed by atoms with Crippen molar-refractivity contribution < 1.29 is 4.92 Å². The number of hydrogen-bond acceptors (Lipinski definition) is 4. The number of benzene rings is 2. The standard InChI is InChI=1S/C16H14N2O2S/c1-21-16-14-5-3-2-4-13(14)15(10-17-16)11-6-8-12(9-7-11)18(19)20/h2-9,15H,10H2,1H3. The van der Waals surface area contributed by atoms with E-state index in [1.807, 2.05) is 30.5 Å². The molecule has 0 saturated heterocycles. The molecule has 1 aliphatic rings. The van der Waals surface area contributed by atoms with E-state index in [2.05, 4.69) is 17.1 Å². The first-order chi connectivity index (χ1) is 10.2. The molecule has 0 radical (unpaired) electrons. The van der Waals surface area contributed by atoms with Crippen molar-refractivity contribution in [3.05, 3.63) is 75.3 Å². The summed E-state index contributed by atoms with van der Waals surface area (Å²) in [5, 5.41) is 11.8. The minimum atomic E-state index is -0.372. The Bertz CT molecular complexity index is 710. The number of nitrogens with zero attached hydrogens (tertiary/aromatic N) is 2. The van der Waals surface area contributed by atoms with Gasteiger partial charge >= 0.3 is 0 Å². The topological polar surface area (TPSA) is 55.5 Å². The molecule has 0 aliphatic carbocycles. The number of hydrogen-bond donors (Lipinski definition) is 0. The van der Waals surface area contributed by atoms with Gasteiger partial charge in [0.25, 0.3) is 5.69 Å². The Morgan fingerprint density at radius 3 is 2.57 bits per heavy atom. The second-order valence-corrected chi connectivity index (χ2v) is 5.63. The molecule has 5 heteroatoms. The van der Waals surface area contributed by atoms with Crippen LogP contribution in [-0.4, -0.2) is 22.8 Å². The van der Waals surface area contributed by atoms with E-state index in [1.54, 1.807) is 23.9 Å². The van der Waals surface area contributed by atoms with Crippen LogP contribution in [0.5, 0.6) is 0 Å². The number of non-ortho nitro benzene ring substituents is 1. The maximum atomic E-state index is 10.7. The summed E-state index contributed by atoms with van der Waals surface area (Å²) in [5.41, 5.74) is 3.60. The number of rotatable bonds is 2. The Morgan fingerprint density at radius 1 is 1.19 bits per heavy atom. The van der Waals surface area contributed by atoms with Crippen molar-refractivity contribution in [2.24, 2.45) is 4.99 Å². The van der Waals surface area contributed by atoms with Crippen LogP contribution in [0.4, 0.5) is 5.69 Å². The Kier molecular flexibility index (Phi) is 3.75. The van der Waals surface area contributed by atoms with E-state index in [9.17, 15) is 10.1 Å². The number of nitro groups is 1. The Balaban J connectivity index is 2.01. The van der Waals surface area contributed by atoms with Gasteiger partial charge in [-0.3, -0.25) is 15.1 Å². The molecular weight excluding hydrogens is 284 g/mol. The molecule has 1 aliphatic heterocycles. The van der Waals surface area contributed by atoms with Crippen LogP contribution in [0.1, 0.15) is 22.6 Å². The van der Waals surface area contributed by atoms with Crippen LogP contribution < -0.4 is 0 Å². The van der Waals surface area contributed by atoms with Gasteiger partial charge in [-0.15, -0.1) is 11.8 Å². The molecule has 0 saturated carbocycles. The minimum Gasteiger partial charge on any atom is -0.277 e. The summed E-state index contributed by atoms with van der Waals surface area (Å²) in [5.74, 6) is 0.165. The minimum absolute atomic E-state index is 0.121. The number of fused-ring (bicyclic) bond motifs is 1. The molecule has 3 rings (SSSR count). The molecule has 0 aromatic heterocycles. The van der Waals surface area contributed by atoms with Gasteiger partial charge < -0.3 is 0 Å². The van der Waals surface area contributed by atoms with Gasteiger partial charge in [0.2, 0.25) is 0 Å². The lowest BCUT2D eigenvalue weighted by Crippen LogP contribution is -2.16. The summed E-state index contributed by atoms with van der Waals surface area (Å²) in [6.45, 7) is 0.686. The first-order valence-corrected chi connectivity index (χ1v) is 7.85. The highest BCUT2D eigenvalue weighted by atomic mass is 32.2. The van der Waals surface area contributed by atoms with E-state index in [4.69, 9.17) is 0 Å². The summed E-state index contributed by atoms with van der Waals surface area (Å²) in [7, 11) is 0. The third-order valence-corrected chi connectivity index (χ3v) is 4.42. The van der Waals surface area contributed by atoms with Crippen molar-refractivity contribution in [2.45, 2.75) is 5.92 Å². The van der Waals surface area contributed by atoms with Gasteiger partial charge in [-0.25, -0.2) is 0 Å². The Hall–Kier alpha value is -2.14. The van der Waals surface area contributed by atoms with E-state index < -0.39 is 0 Å². The van der Waals surface area contributed by atoms with Gasteiger partial charge in [0, 0.05) is 23.6 Å². The van der Waals surface area contributed by atoms with E-state index in [-0.39, 0.29) is 16.5 Å². The van der Waals surface area contributed by atoms with Crippen molar-refractivity contribution in [3.63, 3.8) is 0 Å². The number of aliphatic imine (C=N–C) groups is 1. The summed E-state index contributed by atoms with van der Waals surface area (Å²) in [6.07, 6.45) is 2.03. The molecule has 0 amide bonds. The van der Waals surface area contributed by atoms with Gasteiger partial charge in [0.05, 0.1) is 16.5 Å². The molecule has 0 fully saturated rings. The van der Waals surface area contributed by atoms with Gasteiger partial charge in [-0.05, 0) is 17.4 Å². The molecule has 4 nitrogen and oxygen atoms in total. The van der Waals surface area contributed by atoms with Crippen molar-refractivity contribution in [1.29, 1.82) is 0 Å². The fraction of sp³-hybridized carbons (Fsp3) is 0.188. The third kappa shape index (κ3) is 2.56. The molecular formula is C16H14N2O2S. The molecule has 1 heterocycles. The average molecular weight is 298 g/mol. The van der Waals surface area contributed by atoms with Gasteiger partial charge in [-0.1, -0.05) is 36.4 Å². The zero-order valence-corrected chi connectivity index (χ0v) is 12.3. The molecule has 1 atom stereocenters. The highest BCUT2D eigenvalue weighted by Gasteiger charge is 2.23. The second-order valence-electron chi connectivity index (χ2n) is 4.84. The van der Waals surface area contributed by atoms with E-state index >= 15 is 0 Å². The molecule has 1 unspecified atom stereocenters. The summed E-state index contributed by atoms with van der Waals surface area (Å²) in [4.78, 5) is 15.0. The molecule has 106 valence electrons. The first kappa shape index (κ1) is 13.8. The van der Waals surface area contributed by atoms with Crippen LogP contribution in [0.15, 0.2) is 53.5 Å². The van der Waals surface area contributed by atoms with Crippen LogP contribution in [0.25, 0.3) is 0 Å². The van der Waals surface area contributed by atoms with Crippen molar-refractivity contribution in [2.75, 3.05) is 12.8 Å². The zero-order chi connectivity index (χ0) is 14.8. The van der Waals surface area contributed by atoms with Crippen molar-refractivity contribution >= 4 is 22.5 Å². The lowest BCUT2D eigenvalue weighted by molar-refractivity contribution is -0.384. The normalized spacial score (nSPS) is 17.0. The van der Waals surface area contributed by atoms with E-state index in [0.29, 0.717) is 6.54 Å². The first-order valence-electron chi connectivity index (χ1n) is 6.63. The Morgan fingerprint density at radius 2 is 1.90 bits per heavy atom. The SMILES string of the molecule is CSC1=NCC(c2ccc([N+](=O)[O-])cc2)c2ccccc21. The lowest BCUT2D eigenvalue weighted by atomic mass is 9.86. The van der Waals surface area contributed by atoms with Crippen LogP contribution in [0.3, 0.4) is 0 Å². The largest absolute Gasteiger partial charge is 0.277 e. The monoisotopic (exact) mass is 298 g/mol.